The van der Waals surface area contributed by atoms with Gasteiger partial charge in [0.1, 0.15) is 0 Å². The van der Waals surface area contributed by atoms with E-state index in [-0.39, 0.29) is 0 Å². The van der Waals surface area contributed by atoms with Crippen molar-refractivity contribution in [3.05, 3.63) is 0 Å². The molecule has 0 aliphatic rings. The molecule has 0 radical (unpaired) electrons. The lowest BCUT2D eigenvalue weighted by Crippen LogP contribution is -2.43. The average molecular weight is 140 g/mol. The summed E-state index contributed by atoms with van der Waals surface area (Å²) in [6.45, 7) is 0.979. The Labute approximate surface area is 51.1 Å². The molecule has 0 spiro atoms. The quantitative estimate of drug-likeness (QED) is 0.263. The molecule has 48 valence electrons. The molecular weight excluding hydrogens is 133 g/mol. The highest BCUT2D eigenvalue weighted by molar-refractivity contribution is 6.63. The molecule has 5 heteroatoms. The summed E-state index contributed by atoms with van der Waals surface area (Å²) < 4.78 is 0. The van der Waals surface area contributed by atoms with Crippen LogP contribution in [-0.4, -0.2) is 21.5 Å². The van der Waals surface area contributed by atoms with Gasteiger partial charge in [0.25, 0.3) is 0 Å². The van der Waals surface area contributed by atoms with Crippen LogP contribution in [0.4, 0.5) is 4.79 Å². The molecule has 0 aromatic rings. The Bertz CT molecular complexity index is 97.2. The van der Waals surface area contributed by atoms with E-state index in [1.807, 2.05) is 0 Å². The molecular formula is C3H6ClNO3. The van der Waals surface area contributed by atoms with E-state index in [0.29, 0.717) is 0 Å². The fourth-order valence-electron chi connectivity index (χ4n) is 0.186. The van der Waals surface area contributed by atoms with E-state index in [2.05, 4.69) is 0 Å². The molecule has 0 saturated carbocycles. The minimum absolute atomic E-state index is 0.979. The minimum Gasteiger partial charge on any atom is -0.349 e. The van der Waals surface area contributed by atoms with Gasteiger partial charge in [-0.2, -0.15) is 0 Å². The average Bonchev–Trinajstić information content (AvgIpc) is 1.21. The first kappa shape index (κ1) is 7.68. The maximum absolute atomic E-state index is 9.79. The second-order valence-corrected chi connectivity index (χ2v) is 1.76. The van der Waals surface area contributed by atoms with Crippen LogP contribution in [0.25, 0.3) is 0 Å². The zero-order valence-electron chi connectivity index (χ0n) is 4.18. The van der Waals surface area contributed by atoms with Gasteiger partial charge >= 0.3 is 5.37 Å². The Morgan fingerprint density at radius 2 is 2.12 bits per heavy atom. The van der Waals surface area contributed by atoms with Crippen molar-refractivity contribution in [1.29, 1.82) is 0 Å². The van der Waals surface area contributed by atoms with E-state index in [4.69, 9.17) is 21.8 Å². The van der Waals surface area contributed by atoms with Crippen molar-refractivity contribution in [2.75, 3.05) is 0 Å². The maximum Gasteiger partial charge on any atom is 0.317 e. The van der Waals surface area contributed by atoms with Crippen molar-refractivity contribution >= 4 is 17.0 Å². The van der Waals surface area contributed by atoms with Gasteiger partial charge in [0, 0.05) is 6.92 Å². The highest BCUT2D eigenvalue weighted by Crippen LogP contribution is 1.90. The molecule has 1 amide bonds. The predicted molar refractivity (Wildman–Crippen MR) is 27.2 cm³/mol. The molecule has 0 aromatic heterocycles. The van der Waals surface area contributed by atoms with Crippen molar-refractivity contribution in [1.82, 2.24) is 5.32 Å². The van der Waals surface area contributed by atoms with Gasteiger partial charge in [0.15, 0.2) is 0 Å². The topological polar surface area (TPSA) is 69.6 Å². The molecule has 0 atom stereocenters. The van der Waals surface area contributed by atoms with Gasteiger partial charge in [-0.15, -0.1) is 0 Å². The first-order valence-corrected chi connectivity index (χ1v) is 2.22. The van der Waals surface area contributed by atoms with E-state index in [1.165, 1.54) is 0 Å². The zero-order valence-corrected chi connectivity index (χ0v) is 4.94. The van der Waals surface area contributed by atoms with Gasteiger partial charge in [-0.25, -0.2) is 0 Å². The largest absolute Gasteiger partial charge is 0.349 e. The Kier molecular flexibility index (Phi) is 2.21. The fourth-order valence-corrected chi connectivity index (χ4v) is 0.365. The van der Waals surface area contributed by atoms with E-state index in [0.717, 1.165) is 6.92 Å². The van der Waals surface area contributed by atoms with Gasteiger partial charge in [-0.3, -0.25) is 10.1 Å². The summed E-state index contributed by atoms with van der Waals surface area (Å²) >= 11 is 4.69. The first-order valence-electron chi connectivity index (χ1n) is 1.84. The number of hydrogen-bond donors (Lipinski definition) is 3. The van der Waals surface area contributed by atoms with Crippen molar-refractivity contribution in [2.24, 2.45) is 0 Å². The molecule has 0 heterocycles. The number of hydrogen-bond acceptors (Lipinski definition) is 3. The van der Waals surface area contributed by atoms with E-state index in [1.54, 1.807) is 5.32 Å². The van der Waals surface area contributed by atoms with Crippen molar-refractivity contribution < 1.29 is 15.0 Å². The standard InChI is InChI=1S/C3H6ClNO3/c1-3(7,8)5-2(4)6/h7-8H,1H3,(H,5,6). The molecule has 0 aliphatic carbocycles. The predicted octanol–water partition coefficient (Wildman–Crippen LogP) is -0.407. The fraction of sp³-hybridized carbons (Fsp3) is 0.667. The lowest BCUT2D eigenvalue weighted by molar-refractivity contribution is -0.157. The molecule has 0 rings (SSSR count). The van der Waals surface area contributed by atoms with Crippen molar-refractivity contribution in [3.63, 3.8) is 0 Å². The van der Waals surface area contributed by atoms with Gasteiger partial charge in [-0.05, 0) is 11.6 Å². The SMILES string of the molecule is CC(O)(O)NC(=O)Cl. The molecule has 0 unspecified atom stereocenters. The van der Waals surface area contributed by atoms with Crippen LogP contribution in [0.15, 0.2) is 0 Å². The van der Waals surface area contributed by atoms with Gasteiger partial charge in [0.05, 0.1) is 0 Å². The highest BCUT2D eigenvalue weighted by Gasteiger charge is 2.15. The number of amides is 1. The van der Waals surface area contributed by atoms with E-state index < -0.39 is 11.3 Å². The van der Waals surface area contributed by atoms with Crippen LogP contribution in [0.2, 0.25) is 0 Å². The zero-order chi connectivity index (χ0) is 6.78. The van der Waals surface area contributed by atoms with Gasteiger partial charge in [0.2, 0.25) is 5.91 Å². The second kappa shape index (κ2) is 2.30. The second-order valence-electron chi connectivity index (χ2n) is 1.42. The minimum atomic E-state index is -2.21. The molecule has 4 nitrogen and oxygen atoms in total. The van der Waals surface area contributed by atoms with Crippen LogP contribution in [0, 0.1) is 0 Å². The van der Waals surface area contributed by atoms with Gasteiger partial charge < -0.3 is 10.2 Å². The summed E-state index contributed by atoms with van der Waals surface area (Å²) in [5, 5.41) is 17.3. The highest BCUT2D eigenvalue weighted by atomic mass is 35.5. The third kappa shape index (κ3) is 5.68. The lowest BCUT2D eigenvalue weighted by Gasteiger charge is -2.13. The maximum atomic E-state index is 9.79. The Hall–Kier alpha value is -0.320. The molecule has 0 aromatic carbocycles. The normalized spacial score (nSPS) is 11.0. The van der Waals surface area contributed by atoms with Crippen molar-refractivity contribution in [2.45, 2.75) is 12.8 Å². The van der Waals surface area contributed by atoms with Crippen LogP contribution in [0.1, 0.15) is 6.92 Å². The van der Waals surface area contributed by atoms with Crippen LogP contribution in [0.5, 0.6) is 0 Å². The van der Waals surface area contributed by atoms with Crippen molar-refractivity contribution in [3.8, 4) is 0 Å². The summed E-state index contributed by atoms with van der Waals surface area (Å²) in [6, 6.07) is 0. The van der Waals surface area contributed by atoms with E-state index >= 15 is 0 Å². The summed E-state index contributed by atoms with van der Waals surface area (Å²) in [6.07, 6.45) is 0. The third-order valence-corrected chi connectivity index (χ3v) is 0.430. The van der Waals surface area contributed by atoms with E-state index in [9.17, 15) is 4.79 Å². The Morgan fingerprint density at radius 3 is 2.12 bits per heavy atom. The molecule has 0 fully saturated rings. The number of aliphatic hydroxyl groups is 2. The smallest absolute Gasteiger partial charge is 0.317 e. The number of rotatable bonds is 1. The monoisotopic (exact) mass is 139 g/mol. The molecule has 3 N–H and O–H groups in total. The summed E-state index contributed by atoms with van der Waals surface area (Å²) in [7, 11) is 0. The Morgan fingerprint density at radius 1 is 1.75 bits per heavy atom. The lowest BCUT2D eigenvalue weighted by atomic mass is 10.6. The van der Waals surface area contributed by atoms with Crippen LogP contribution < -0.4 is 5.32 Å². The number of carbonyl (C=O) groups is 1. The molecule has 8 heavy (non-hydrogen) atoms. The molecule has 0 aliphatic heterocycles. The summed E-state index contributed by atoms with van der Waals surface area (Å²) in [4.78, 5) is 9.79. The van der Waals surface area contributed by atoms with Crippen LogP contribution in [-0.2, 0) is 0 Å². The summed E-state index contributed by atoms with van der Waals surface area (Å²) in [5.74, 6) is -2.21. The van der Waals surface area contributed by atoms with Crippen LogP contribution >= 0.6 is 11.6 Å². The molecule has 0 bridgehead atoms. The van der Waals surface area contributed by atoms with Gasteiger partial charge in [-0.1, -0.05) is 0 Å². The summed E-state index contributed by atoms with van der Waals surface area (Å²) in [5.41, 5.74) is 0. The third-order valence-electron chi connectivity index (χ3n) is 0.335. The van der Waals surface area contributed by atoms with Crippen LogP contribution in [0.3, 0.4) is 0 Å². The Balaban J connectivity index is 3.55. The number of halogens is 1. The molecule has 0 saturated heterocycles. The first-order chi connectivity index (χ1) is 3.42. The number of nitrogens with one attached hydrogen (secondary N) is 1. The number of carbonyl (C=O) groups excluding carboxylic acids is 1.